The minimum Gasteiger partial charge on any atom is -0.378 e. The number of halogens is 1. The summed E-state index contributed by atoms with van der Waals surface area (Å²) in [5.41, 5.74) is -1.30. The van der Waals surface area contributed by atoms with E-state index in [0.717, 1.165) is 4.57 Å². The highest BCUT2D eigenvalue weighted by Crippen LogP contribution is 2.00. The van der Waals surface area contributed by atoms with Crippen molar-refractivity contribution in [3.63, 3.8) is 0 Å². The maximum absolute atomic E-state index is 11.9. The lowest BCUT2D eigenvalue weighted by atomic mass is 10.4. The van der Waals surface area contributed by atoms with Crippen LogP contribution in [0.1, 0.15) is 0 Å². The highest BCUT2D eigenvalue weighted by molar-refractivity contribution is 6.30. The molecule has 1 aliphatic heterocycles. The quantitative estimate of drug-likeness (QED) is 0.753. The first kappa shape index (κ1) is 12.8. The van der Waals surface area contributed by atoms with Crippen LogP contribution >= 0.6 is 11.6 Å². The predicted molar refractivity (Wildman–Crippen MR) is 63.7 cm³/mol. The second-order valence-corrected chi connectivity index (χ2v) is 4.26. The molecule has 0 radical (unpaired) electrons. The van der Waals surface area contributed by atoms with Gasteiger partial charge in [0, 0.05) is 19.3 Å². The lowest BCUT2D eigenvalue weighted by molar-refractivity contribution is -0.135. The molecule has 0 atom stereocenters. The number of amides is 1. The summed E-state index contributed by atoms with van der Waals surface area (Å²) in [6.45, 7) is 1.85. The number of carbonyl (C=O) groups is 1. The molecule has 2 rings (SSSR count). The Morgan fingerprint density at radius 3 is 2.72 bits per heavy atom. The van der Waals surface area contributed by atoms with Crippen LogP contribution < -0.4 is 11.2 Å². The largest absolute Gasteiger partial charge is 0.378 e. The molecule has 2 heterocycles. The van der Waals surface area contributed by atoms with Crippen LogP contribution in [0.5, 0.6) is 0 Å². The lowest BCUT2D eigenvalue weighted by Crippen LogP contribution is -2.44. The Hall–Kier alpha value is -1.60. The third kappa shape index (κ3) is 2.80. The molecule has 0 aliphatic carbocycles. The zero-order valence-electron chi connectivity index (χ0n) is 9.52. The van der Waals surface area contributed by atoms with Crippen LogP contribution in [0.3, 0.4) is 0 Å². The number of aromatic amines is 1. The van der Waals surface area contributed by atoms with Crippen LogP contribution in [0.4, 0.5) is 0 Å². The zero-order chi connectivity index (χ0) is 13.1. The molecule has 8 heteroatoms. The number of hydrogen-bond donors (Lipinski definition) is 1. The number of H-pyrrole nitrogens is 1. The Morgan fingerprint density at radius 1 is 1.39 bits per heavy atom. The SMILES string of the molecule is O=C(Cn1cc(Cl)c(=O)[nH]c1=O)N1CCOCC1. The van der Waals surface area contributed by atoms with E-state index in [4.69, 9.17) is 16.3 Å². The minimum atomic E-state index is -0.656. The zero-order valence-corrected chi connectivity index (χ0v) is 10.3. The third-order valence-corrected chi connectivity index (χ3v) is 2.91. The van der Waals surface area contributed by atoms with Gasteiger partial charge in [-0.2, -0.15) is 0 Å². The highest BCUT2D eigenvalue weighted by atomic mass is 35.5. The van der Waals surface area contributed by atoms with Crippen LogP contribution in [0.15, 0.2) is 15.8 Å². The molecule has 0 spiro atoms. The fourth-order valence-corrected chi connectivity index (χ4v) is 1.82. The van der Waals surface area contributed by atoms with Crippen molar-refractivity contribution in [3.05, 3.63) is 32.1 Å². The highest BCUT2D eigenvalue weighted by Gasteiger charge is 2.17. The molecule has 1 saturated heterocycles. The second kappa shape index (κ2) is 5.36. The summed E-state index contributed by atoms with van der Waals surface area (Å²) < 4.78 is 6.21. The molecule has 0 bridgehead atoms. The van der Waals surface area contributed by atoms with Gasteiger partial charge < -0.3 is 9.64 Å². The van der Waals surface area contributed by atoms with Crippen molar-refractivity contribution in [1.82, 2.24) is 14.5 Å². The molecule has 7 nitrogen and oxygen atoms in total. The molecule has 0 saturated carbocycles. The molecular weight excluding hydrogens is 262 g/mol. The smallest absolute Gasteiger partial charge is 0.328 e. The van der Waals surface area contributed by atoms with Gasteiger partial charge in [-0.1, -0.05) is 11.6 Å². The molecular formula is C10H12ClN3O4. The standard InChI is InChI=1S/C10H12ClN3O4/c11-7-5-14(10(17)12-9(7)16)6-8(15)13-1-3-18-4-2-13/h5H,1-4,6H2,(H,12,16,17). The van der Waals surface area contributed by atoms with Gasteiger partial charge in [0.05, 0.1) is 13.2 Å². The molecule has 98 valence electrons. The van der Waals surface area contributed by atoms with Crippen LogP contribution in [-0.2, 0) is 16.1 Å². The number of morpholine rings is 1. The number of nitrogens with zero attached hydrogens (tertiary/aromatic N) is 2. The summed E-state index contributed by atoms with van der Waals surface area (Å²) in [5.74, 6) is -0.205. The van der Waals surface area contributed by atoms with E-state index in [1.54, 1.807) is 4.90 Å². The first-order chi connectivity index (χ1) is 8.58. The fourth-order valence-electron chi connectivity index (χ4n) is 1.66. The molecule has 0 aromatic carbocycles. The number of aromatic nitrogens is 2. The van der Waals surface area contributed by atoms with E-state index >= 15 is 0 Å². The van der Waals surface area contributed by atoms with E-state index in [9.17, 15) is 14.4 Å². The van der Waals surface area contributed by atoms with Gasteiger partial charge in [0.15, 0.2) is 0 Å². The molecule has 1 amide bonds. The Balaban J connectivity index is 2.13. The molecule has 1 aromatic rings. The van der Waals surface area contributed by atoms with E-state index in [2.05, 4.69) is 0 Å². The van der Waals surface area contributed by atoms with E-state index in [0.29, 0.717) is 26.3 Å². The molecule has 1 N–H and O–H groups in total. The maximum atomic E-state index is 11.9. The van der Waals surface area contributed by atoms with Crippen LogP contribution in [0.25, 0.3) is 0 Å². The molecule has 1 aliphatic rings. The molecule has 1 fully saturated rings. The van der Waals surface area contributed by atoms with Crippen LogP contribution in [0, 0.1) is 0 Å². The van der Waals surface area contributed by atoms with Gasteiger partial charge in [0.1, 0.15) is 11.6 Å². The van der Waals surface area contributed by atoms with Crippen LogP contribution in [-0.4, -0.2) is 46.7 Å². The Labute approximate surface area is 107 Å². The summed E-state index contributed by atoms with van der Waals surface area (Å²) in [5, 5.41) is -0.121. The first-order valence-corrected chi connectivity index (χ1v) is 5.80. The minimum absolute atomic E-state index is 0.121. The van der Waals surface area contributed by atoms with Gasteiger partial charge in [0.25, 0.3) is 5.56 Å². The predicted octanol–water partition coefficient (Wildman–Crippen LogP) is -0.951. The number of ether oxygens (including phenoxy) is 1. The second-order valence-electron chi connectivity index (χ2n) is 3.86. The van der Waals surface area contributed by atoms with Crippen molar-refractivity contribution in [2.45, 2.75) is 6.54 Å². The topological polar surface area (TPSA) is 84.4 Å². The third-order valence-electron chi connectivity index (χ3n) is 2.64. The van der Waals surface area contributed by atoms with E-state index in [1.807, 2.05) is 4.98 Å². The average molecular weight is 274 g/mol. The van der Waals surface area contributed by atoms with Gasteiger partial charge in [-0.3, -0.25) is 19.1 Å². The monoisotopic (exact) mass is 273 g/mol. The molecule has 0 unspecified atom stereocenters. The first-order valence-electron chi connectivity index (χ1n) is 5.43. The van der Waals surface area contributed by atoms with Gasteiger partial charge in [0.2, 0.25) is 5.91 Å². The maximum Gasteiger partial charge on any atom is 0.328 e. The number of nitrogens with one attached hydrogen (secondary N) is 1. The number of carbonyl (C=O) groups excluding carboxylic acids is 1. The van der Waals surface area contributed by atoms with Crippen molar-refractivity contribution in [1.29, 1.82) is 0 Å². The van der Waals surface area contributed by atoms with Crippen molar-refractivity contribution in [2.24, 2.45) is 0 Å². The molecule has 18 heavy (non-hydrogen) atoms. The van der Waals surface area contributed by atoms with Gasteiger partial charge >= 0.3 is 5.69 Å². The normalized spacial score (nSPS) is 15.7. The summed E-state index contributed by atoms with van der Waals surface area (Å²) in [6, 6.07) is 0. The van der Waals surface area contributed by atoms with Crippen molar-refractivity contribution in [2.75, 3.05) is 26.3 Å². The fraction of sp³-hybridized carbons (Fsp3) is 0.500. The van der Waals surface area contributed by atoms with E-state index in [-0.39, 0.29) is 17.5 Å². The Bertz CT molecular complexity index is 559. The lowest BCUT2D eigenvalue weighted by Gasteiger charge is -2.26. The Kier molecular flexibility index (Phi) is 3.83. The Morgan fingerprint density at radius 2 is 2.06 bits per heavy atom. The van der Waals surface area contributed by atoms with Crippen molar-refractivity contribution < 1.29 is 9.53 Å². The average Bonchev–Trinajstić information content (AvgIpc) is 2.37. The number of rotatable bonds is 2. The summed E-state index contributed by atoms with van der Waals surface area (Å²) in [4.78, 5) is 38.1. The number of hydrogen-bond acceptors (Lipinski definition) is 4. The van der Waals surface area contributed by atoms with Gasteiger partial charge in [-0.25, -0.2) is 4.79 Å². The summed E-state index contributed by atoms with van der Waals surface area (Å²) in [7, 11) is 0. The summed E-state index contributed by atoms with van der Waals surface area (Å²) in [6.07, 6.45) is 1.17. The van der Waals surface area contributed by atoms with Crippen molar-refractivity contribution >= 4 is 17.5 Å². The van der Waals surface area contributed by atoms with Gasteiger partial charge in [-0.15, -0.1) is 0 Å². The van der Waals surface area contributed by atoms with Gasteiger partial charge in [-0.05, 0) is 0 Å². The van der Waals surface area contributed by atoms with Crippen molar-refractivity contribution in [3.8, 4) is 0 Å². The van der Waals surface area contributed by atoms with E-state index < -0.39 is 11.2 Å². The van der Waals surface area contributed by atoms with E-state index in [1.165, 1.54) is 6.20 Å². The summed E-state index contributed by atoms with van der Waals surface area (Å²) >= 11 is 5.61. The molecule has 1 aromatic heterocycles. The van der Waals surface area contributed by atoms with Crippen LogP contribution in [0.2, 0.25) is 5.02 Å².